The fourth-order valence-electron chi connectivity index (χ4n) is 1.21. The first-order valence-corrected chi connectivity index (χ1v) is 6.73. The molecule has 1 aliphatic carbocycles. The summed E-state index contributed by atoms with van der Waals surface area (Å²) in [6, 6.07) is 3.10. The molecule has 0 bridgehead atoms. The summed E-state index contributed by atoms with van der Waals surface area (Å²) in [6.45, 7) is 0. The van der Waals surface area contributed by atoms with Crippen molar-refractivity contribution in [2.24, 2.45) is 0 Å². The van der Waals surface area contributed by atoms with E-state index in [9.17, 15) is 8.42 Å². The van der Waals surface area contributed by atoms with Crippen molar-refractivity contribution in [1.82, 2.24) is 4.98 Å². The average molecular weight is 243 g/mol. The van der Waals surface area contributed by atoms with E-state index in [1.807, 2.05) is 0 Å². The Labute approximate surface area is 93.9 Å². The van der Waals surface area contributed by atoms with E-state index in [4.69, 9.17) is 10.5 Å². The minimum absolute atomic E-state index is 0.179. The van der Waals surface area contributed by atoms with E-state index < -0.39 is 10.0 Å². The molecular formula is C9H13N3O3S. The molecule has 16 heavy (non-hydrogen) atoms. The molecule has 0 radical (unpaired) electrons. The Morgan fingerprint density at radius 1 is 1.50 bits per heavy atom. The van der Waals surface area contributed by atoms with Gasteiger partial charge >= 0.3 is 0 Å². The zero-order valence-electron chi connectivity index (χ0n) is 8.80. The molecule has 1 aromatic heterocycles. The Hall–Kier alpha value is -1.50. The third-order valence-corrected chi connectivity index (χ3v) is 2.52. The molecule has 0 atom stereocenters. The molecule has 0 saturated heterocycles. The summed E-state index contributed by atoms with van der Waals surface area (Å²) in [5.74, 6) is 0.948. The van der Waals surface area contributed by atoms with E-state index >= 15 is 0 Å². The molecule has 0 amide bonds. The van der Waals surface area contributed by atoms with Gasteiger partial charge in [0.15, 0.2) is 0 Å². The molecule has 1 aliphatic rings. The quantitative estimate of drug-likeness (QED) is 0.806. The Morgan fingerprint density at radius 3 is 2.75 bits per heavy atom. The second-order valence-electron chi connectivity index (χ2n) is 3.80. The molecule has 7 heteroatoms. The van der Waals surface area contributed by atoms with Crippen LogP contribution in [0.15, 0.2) is 12.1 Å². The standard InChI is InChI=1S/C9H13N3O3S/c1-16(13,14)12-9-5-7(4-8(10)11-9)15-6-2-3-6/h4-6H,2-3H2,1H3,(H3,10,11,12). The van der Waals surface area contributed by atoms with Gasteiger partial charge in [0.05, 0.1) is 12.4 Å². The van der Waals surface area contributed by atoms with E-state index in [1.165, 1.54) is 6.07 Å². The maximum absolute atomic E-state index is 11.0. The first kappa shape index (κ1) is 11.0. The lowest BCUT2D eigenvalue weighted by atomic mass is 10.4. The van der Waals surface area contributed by atoms with Crippen molar-refractivity contribution in [3.05, 3.63) is 12.1 Å². The Bertz CT molecular complexity index is 497. The molecule has 1 saturated carbocycles. The molecule has 1 aromatic rings. The second-order valence-corrected chi connectivity index (χ2v) is 5.55. The monoisotopic (exact) mass is 243 g/mol. The number of sulfonamides is 1. The zero-order valence-corrected chi connectivity index (χ0v) is 9.62. The number of rotatable bonds is 4. The molecular weight excluding hydrogens is 230 g/mol. The number of hydrogen-bond donors (Lipinski definition) is 2. The summed E-state index contributed by atoms with van der Waals surface area (Å²) in [7, 11) is -3.35. The fraction of sp³-hybridized carbons (Fsp3) is 0.444. The highest BCUT2D eigenvalue weighted by molar-refractivity contribution is 7.92. The number of ether oxygens (including phenoxy) is 1. The molecule has 0 unspecified atom stereocenters. The SMILES string of the molecule is CS(=O)(=O)Nc1cc(OC2CC2)cc(N)n1. The predicted molar refractivity (Wildman–Crippen MR) is 60.8 cm³/mol. The third-order valence-electron chi connectivity index (χ3n) is 1.94. The molecule has 1 fully saturated rings. The van der Waals surface area contributed by atoms with Gasteiger partial charge in [0.25, 0.3) is 0 Å². The Kier molecular flexibility index (Phi) is 2.63. The summed E-state index contributed by atoms with van der Waals surface area (Å²) in [5.41, 5.74) is 5.55. The Morgan fingerprint density at radius 2 is 2.19 bits per heavy atom. The summed E-state index contributed by atoms with van der Waals surface area (Å²) < 4.78 is 29.8. The molecule has 2 rings (SSSR count). The molecule has 1 heterocycles. The lowest BCUT2D eigenvalue weighted by molar-refractivity contribution is 0.303. The number of aromatic nitrogens is 1. The minimum Gasteiger partial charge on any atom is -0.490 e. The number of pyridine rings is 1. The number of hydrogen-bond acceptors (Lipinski definition) is 5. The minimum atomic E-state index is -3.35. The molecule has 88 valence electrons. The van der Waals surface area contributed by atoms with E-state index in [1.54, 1.807) is 6.07 Å². The van der Waals surface area contributed by atoms with Crippen molar-refractivity contribution in [1.29, 1.82) is 0 Å². The van der Waals surface area contributed by atoms with Crippen LogP contribution in [-0.4, -0.2) is 25.8 Å². The first-order chi connectivity index (χ1) is 7.42. The normalized spacial score (nSPS) is 15.8. The maximum atomic E-state index is 11.0. The van der Waals surface area contributed by atoms with Gasteiger partial charge < -0.3 is 10.5 Å². The van der Waals surface area contributed by atoms with Crippen molar-refractivity contribution < 1.29 is 13.2 Å². The van der Waals surface area contributed by atoms with Crippen LogP contribution in [0.2, 0.25) is 0 Å². The molecule has 0 aliphatic heterocycles. The lowest BCUT2D eigenvalue weighted by Gasteiger charge is -2.08. The molecule has 0 aromatic carbocycles. The van der Waals surface area contributed by atoms with Gasteiger partial charge in [-0.2, -0.15) is 0 Å². The van der Waals surface area contributed by atoms with Crippen LogP contribution in [0.25, 0.3) is 0 Å². The number of anilines is 2. The van der Waals surface area contributed by atoms with Gasteiger partial charge in [0, 0.05) is 12.1 Å². The third kappa shape index (κ3) is 3.27. The number of nitrogen functional groups attached to an aromatic ring is 1. The zero-order chi connectivity index (χ0) is 11.8. The van der Waals surface area contributed by atoms with Gasteiger partial charge in [-0.1, -0.05) is 0 Å². The highest BCUT2D eigenvalue weighted by Gasteiger charge is 2.23. The van der Waals surface area contributed by atoms with Gasteiger partial charge in [-0.15, -0.1) is 0 Å². The summed E-state index contributed by atoms with van der Waals surface area (Å²) in [6.07, 6.45) is 3.33. The van der Waals surface area contributed by atoms with Crippen LogP contribution in [0.1, 0.15) is 12.8 Å². The van der Waals surface area contributed by atoms with Crippen LogP contribution in [0, 0.1) is 0 Å². The highest BCUT2D eigenvalue weighted by atomic mass is 32.2. The van der Waals surface area contributed by atoms with Gasteiger partial charge in [-0.25, -0.2) is 13.4 Å². The van der Waals surface area contributed by atoms with E-state index in [2.05, 4.69) is 9.71 Å². The van der Waals surface area contributed by atoms with Gasteiger partial charge in [-0.05, 0) is 12.8 Å². The number of nitrogens with zero attached hydrogens (tertiary/aromatic N) is 1. The number of nitrogens with two attached hydrogens (primary N) is 1. The van der Waals surface area contributed by atoms with Crippen molar-refractivity contribution >= 4 is 21.7 Å². The van der Waals surface area contributed by atoms with Crippen LogP contribution in [0.4, 0.5) is 11.6 Å². The molecule has 0 spiro atoms. The van der Waals surface area contributed by atoms with Crippen LogP contribution in [0.3, 0.4) is 0 Å². The molecule has 3 N–H and O–H groups in total. The van der Waals surface area contributed by atoms with E-state index in [0.717, 1.165) is 19.1 Å². The van der Waals surface area contributed by atoms with Crippen molar-refractivity contribution in [3.63, 3.8) is 0 Å². The largest absolute Gasteiger partial charge is 0.490 e. The summed E-state index contributed by atoms with van der Waals surface area (Å²) in [5, 5.41) is 0. The first-order valence-electron chi connectivity index (χ1n) is 4.84. The van der Waals surface area contributed by atoms with Crippen LogP contribution in [0.5, 0.6) is 5.75 Å². The van der Waals surface area contributed by atoms with E-state index in [0.29, 0.717) is 5.75 Å². The van der Waals surface area contributed by atoms with Gasteiger partial charge in [0.1, 0.15) is 17.4 Å². The second kappa shape index (κ2) is 3.82. The van der Waals surface area contributed by atoms with Crippen molar-refractivity contribution in [2.45, 2.75) is 18.9 Å². The van der Waals surface area contributed by atoms with Crippen LogP contribution in [-0.2, 0) is 10.0 Å². The van der Waals surface area contributed by atoms with Crippen LogP contribution < -0.4 is 15.2 Å². The smallest absolute Gasteiger partial charge is 0.230 e. The highest BCUT2D eigenvalue weighted by Crippen LogP contribution is 2.28. The van der Waals surface area contributed by atoms with Crippen LogP contribution >= 0.6 is 0 Å². The Balaban J connectivity index is 2.20. The fourth-order valence-corrected chi connectivity index (χ4v) is 1.70. The lowest BCUT2D eigenvalue weighted by Crippen LogP contribution is -2.11. The van der Waals surface area contributed by atoms with Gasteiger partial charge in [-0.3, -0.25) is 4.72 Å². The van der Waals surface area contributed by atoms with Crippen molar-refractivity contribution in [2.75, 3.05) is 16.7 Å². The topological polar surface area (TPSA) is 94.3 Å². The summed E-state index contributed by atoms with van der Waals surface area (Å²) >= 11 is 0. The van der Waals surface area contributed by atoms with Gasteiger partial charge in [0.2, 0.25) is 10.0 Å². The van der Waals surface area contributed by atoms with E-state index in [-0.39, 0.29) is 17.7 Å². The number of nitrogens with one attached hydrogen (secondary N) is 1. The molecule has 6 nitrogen and oxygen atoms in total. The predicted octanol–water partition coefficient (Wildman–Crippen LogP) is 0.576. The average Bonchev–Trinajstić information content (AvgIpc) is 2.82. The van der Waals surface area contributed by atoms with Crippen molar-refractivity contribution in [3.8, 4) is 5.75 Å². The maximum Gasteiger partial charge on any atom is 0.230 e. The summed E-state index contributed by atoms with van der Waals surface area (Å²) in [4.78, 5) is 3.85.